The average molecular weight is 288 g/mol. The van der Waals surface area contributed by atoms with Crippen LogP contribution in [0.5, 0.6) is 0 Å². The van der Waals surface area contributed by atoms with Gasteiger partial charge >= 0.3 is 0 Å². The highest BCUT2D eigenvalue weighted by Gasteiger charge is 2.17. The Bertz CT molecular complexity index is 629. The summed E-state index contributed by atoms with van der Waals surface area (Å²) in [7, 11) is 0. The van der Waals surface area contributed by atoms with Crippen molar-refractivity contribution in [2.24, 2.45) is 0 Å². The van der Waals surface area contributed by atoms with E-state index < -0.39 is 0 Å². The maximum atomic E-state index is 12.2. The topological polar surface area (TPSA) is 63.5 Å². The number of nitrogens with zero attached hydrogens (tertiary/aromatic N) is 1. The molecule has 21 heavy (non-hydrogen) atoms. The van der Waals surface area contributed by atoms with Gasteiger partial charge in [-0.3, -0.25) is 4.79 Å². The van der Waals surface area contributed by atoms with Gasteiger partial charge in [0.1, 0.15) is 6.54 Å². The number of fused-ring (bicyclic) bond motifs is 1. The summed E-state index contributed by atoms with van der Waals surface area (Å²) in [6, 6.07) is 7.97. The summed E-state index contributed by atoms with van der Waals surface area (Å²) in [5.41, 5.74) is 1.78. The zero-order valence-electron chi connectivity index (χ0n) is 11.9. The number of ether oxygens (including phenoxy) is 1. The zero-order chi connectivity index (χ0) is 14.7. The van der Waals surface area contributed by atoms with E-state index in [0.717, 1.165) is 29.3 Å². The second-order valence-corrected chi connectivity index (χ2v) is 5.41. The number of aliphatic hydroxyl groups is 1. The SMILES string of the molecule is O=C(Cn1ccc2cccc(CO)c21)NC1CCOCC1. The maximum Gasteiger partial charge on any atom is 0.240 e. The monoisotopic (exact) mass is 288 g/mol. The van der Waals surface area contributed by atoms with Gasteiger partial charge in [-0.1, -0.05) is 18.2 Å². The van der Waals surface area contributed by atoms with E-state index >= 15 is 0 Å². The van der Waals surface area contributed by atoms with Crippen LogP contribution in [0.1, 0.15) is 18.4 Å². The number of para-hydroxylation sites is 1. The number of aromatic nitrogens is 1. The molecule has 0 saturated carbocycles. The first-order chi connectivity index (χ1) is 10.3. The first-order valence-electron chi connectivity index (χ1n) is 7.32. The summed E-state index contributed by atoms with van der Waals surface area (Å²) in [5, 5.41) is 13.5. The molecule has 1 aliphatic heterocycles. The predicted octanol–water partition coefficient (Wildman–Crippen LogP) is 1.43. The summed E-state index contributed by atoms with van der Waals surface area (Å²) in [6.07, 6.45) is 3.65. The molecule has 5 heteroatoms. The van der Waals surface area contributed by atoms with Gasteiger partial charge in [-0.15, -0.1) is 0 Å². The highest BCUT2D eigenvalue weighted by Crippen LogP contribution is 2.20. The molecule has 2 aromatic rings. The van der Waals surface area contributed by atoms with Crippen LogP contribution in [0.2, 0.25) is 0 Å². The molecule has 1 amide bonds. The van der Waals surface area contributed by atoms with Crippen molar-refractivity contribution in [1.29, 1.82) is 0 Å². The van der Waals surface area contributed by atoms with E-state index in [4.69, 9.17) is 4.74 Å². The van der Waals surface area contributed by atoms with Crippen LogP contribution in [-0.4, -0.2) is 34.8 Å². The van der Waals surface area contributed by atoms with Gasteiger partial charge in [0.25, 0.3) is 0 Å². The number of hydrogen-bond donors (Lipinski definition) is 2. The van der Waals surface area contributed by atoms with Crippen LogP contribution in [0.4, 0.5) is 0 Å². The van der Waals surface area contributed by atoms with Gasteiger partial charge in [-0.25, -0.2) is 0 Å². The van der Waals surface area contributed by atoms with Crippen molar-refractivity contribution in [3.8, 4) is 0 Å². The number of carbonyl (C=O) groups is 1. The lowest BCUT2D eigenvalue weighted by Gasteiger charge is -2.23. The number of nitrogens with one attached hydrogen (secondary N) is 1. The molecule has 1 aliphatic rings. The number of rotatable bonds is 4. The third kappa shape index (κ3) is 3.09. The Hall–Kier alpha value is -1.85. The predicted molar refractivity (Wildman–Crippen MR) is 79.8 cm³/mol. The third-order valence-corrected chi connectivity index (χ3v) is 3.94. The highest BCUT2D eigenvalue weighted by molar-refractivity contribution is 5.85. The van der Waals surface area contributed by atoms with Gasteiger partial charge in [0.05, 0.1) is 12.1 Å². The van der Waals surface area contributed by atoms with Crippen molar-refractivity contribution < 1.29 is 14.6 Å². The van der Waals surface area contributed by atoms with Gasteiger partial charge in [0.15, 0.2) is 0 Å². The molecule has 1 aromatic heterocycles. The summed E-state index contributed by atoms with van der Waals surface area (Å²) in [5.74, 6) is 0.00661. The Balaban J connectivity index is 1.73. The minimum absolute atomic E-state index is 0.00661. The lowest BCUT2D eigenvalue weighted by atomic mass is 10.1. The Morgan fingerprint density at radius 1 is 1.33 bits per heavy atom. The van der Waals surface area contributed by atoms with Crippen LogP contribution in [0.25, 0.3) is 10.9 Å². The molecule has 3 rings (SSSR count). The molecule has 1 aromatic carbocycles. The number of hydrogen-bond acceptors (Lipinski definition) is 3. The van der Waals surface area contributed by atoms with Gasteiger partial charge < -0.3 is 19.7 Å². The number of aliphatic hydroxyl groups excluding tert-OH is 1. The smallest absolute Gasteiger partial charge is 0.240 e. The molecule has 1 fully saturated rings. The first-order valence-corrected chi connectivity index (χ1v) is 7.32. The van der Waals surface area contributed by atoms with Crippen molar-refractivity contribution in [3.05, 3.63) is 36.0 Å². The fourth-order valence-corrected chi connectivity index (χ4v) is 2.87. The number of amides is 1. The van der Waals surface area contributed by atoms with E-state index in [1.807, 2.05) is 35.0 Å². The quantitative estimate of drug-likeness (QED) is 0.894. The molecule has 0 atom stereocenters. The Morgan fingerprint density at radius 3 is 2.90 bits per heavy atom. The van der Waals surface area contributed by atoms with E-state index in [0.29, 0.717) is 13.2 Å². The molecule has 2 heterocycles. The summed E-state index contributed by atoms with van der Waals surface area (Å²) < 4.78 is 7.19. The van der Waals surface area contributed by atoms with E-state index in [-0.39, 0.29) is 25.1 Å². The van der Waals surface area contributed by atoms with Crippen LogP contribution in [0.15, 0.2) is 30.5 Å². The molecule has 0 bridgehead atoms. The van der Waals surface area contributed by atoms with Gasteiger partial charge in [-0.2, -0.15) is 0 Å². The molecule has 5 nitrogen and oxygen atoms in total. The van der Waals surface area contributed by atoms with Crippen LogP contribution >= 0.6 is 0 Å². The molecule has 112 valence electrons. The summed E-state index contributed by atoms with van der Waals surface area (Å²) >= 11 is 0. The largest absolute Gasteiger partial charge is 0.392 e. The van der Waals surface area contributed by atoms with Gasteiger partial charge in [0.2, 0.25) is 5.91 Å². The van der Waals surface area contributed by atoms with Gasteiger partial charge in [0, 0.05) is 31.0 Å². The van der Waals surface area contributed by atoms with Crippen molar-refractivity contribution in [1.82, 2.24) is 9.88 Å². The van der Waals surface area contributed by atoms with E-state index in [1.54, 1.807) is 0 Å². The minimum atomic E-state index is -0.0249. The molecule has 0 radical (unpaired) electrons. The fraction of sp³-hybridized carbons (Fsp3) is 0.438. The van der Waals surface area contributed by atoms with Crippen molar-refractivity contribution in [3.63, 3.8) is 0 Å². The van der Waals surface area contributed by atoms with Crippen LogP contribution in [0.3, 0.4) is 0 Å². The second kappa shape index (κ2) is 6.28. The van der Waals surface area contributed by atoms with E-state index in [1.165, 1.54) is 0 Å². The number of benzene rings is 1. The summed E-state index contributed by atoms with van der Waals surface area (Å²) in [4.78, 5) is 12.2. The lowest BCUT2D eigenvalue weighted by Crippen LogP contribution is -2.40. The highest BCUT2D eigenvalue weighted by atomic mass is 16.5. The standard InChI is InChI=1S/C16H20N2O3/c19-11-13-3-1-2-12-4-7-18(16(12)13)10-15(20)17-14-5-8-21-9-6-14/h1-4,7,14,19H,5-6,8-11H2,(H,17,20). The molecule has 2 N–H and O–H groups in total. The Labute approximate surface area is 123 Å². The lowest BCUT2D eigenvalue weighted by molar-refractivity contribution is -0.122. The normalized spacial score (nSPS) is 16.2. The summed E-state index contributed by atoms with van der Waals surface area (Å²) in [6.45, 7) is 1.68. The van der Waals surface area contributed by atoms with Crippen molar-refractivity contribution in [2.75, 3.05) is 13.2 Å². The fourth-order valence-electron chi connectivity index (χ4n) is 2.87. The molecule has 0 aliphatic carbocycles. The molecular weight excluding hydrogens is 268 g/mol. The second-order valence-electron chi connectivity index (χ2n) is 5.41. The van der Waals surface area contributed by atoms with Crippen LogP contribution in [-0.2, 0) is 22.7 Å². The molecule has 0 spiro atoms. The maximum absolute atomic E-state index is 12.2. The van der Waals surface area contributed by atoms with Crippen molar-refractivity contribution in [2.45, 2.75) is 32.0 Å². The van der Waals surface area contributed by atoms with E-state index in [2.05, 4.69) is 5.32 Å². The Morgan fingerprint density at radius 2 is 2.14 bits per heavy atom. The van der Waals surface area contributed by atoms with Crippen LogP contribution < -0.4 is 5.32 Å². The minimum Gasteiger partial charge on any atom is -0.392 e. The molecular formula is C16H20N2O3. The molecule has 1 saturated heterocycles. The number of carbonyl (C=O) groups excluding carboxylic acids is 1. The third-order valence-electron chi connectivity index (χ3n) is 3.94. The average Bonchev–Trinajstić information content (AvgIpc) is 2.91. The van der Waals surface area contributed by atoms with Crippen molar-refractivity contribution >= 4 is 16.8 Å². The first kappa shape index (κ1) is 14.1. The van der Waals surface area contributed by atoms with Gasteiger partial charge in [-0.05, 0) is 24.3 Å². The van der Waals surface area contributed by atoms with E-state index in [9.17, 15) is 9.90 Å². The zero-order valence-corrected chi connectivity index (χ0v) is 11.9. The van der Waals surface area contributed by atoms with Crippen LogP contribution in [0, 0.1) is 0 Å². The Kier molecular flexibility index (Phi) is 4.22. The molecule has 0 unspecified atom stereocenters.